The van der Waals surface area contributed by atoms with E-state index < -0.39 is 18.0 Å². The second-order valence-corrected chi connectivity index (χ2v) is 8.95. The zero-order valence-electron chi connectivity index (χ0n) is 19.9. The third-order valence-electron chi connectivity index (χ3n) is 5.89. The molecule has 2 aromatic carbocycles. The van der Waals surface area contributed by atoms with Crippen LogP contribution in [0.3, 0.4) is 0 Å². The van der Waals surface area contributed by atoms with Crippen molar-refractivity contribution in [1.29, 1.82) is 0 Å². The van der Waals surface area contributed by atoms with Crippen molar-refractivity contribution in [2.45, 2.75) is 58.4 Å². The van der Waals surface area contributed by atoms with Crippen LogP contribution in [-0.4, -0.2) is 36.8 Å². The first-order chi connectivity index (χ1) is 15.8. The molecule has 3 rings (SSSR count). The molecule has 1 aliphatic heterocycles. The maximum atomic E-state index is 12.5. The molecule has 0 aliphatic carbocycles. The highest BCUT2D eigenvalue weighted by Crippen LogP contribution is 2.36. The van der Waals surface area contributed by atoms with Crippen LogP contribution in [0, 0.1) is 11.8 Å². The summed E-state index contributed by atoms with van der Waals surface area (Å²) >= 11 is 0. The van der Waals surface area contributed by atoms with Gasteiger partial charge in [-0.2, -0.15) is 0 Å². The number of para-hydroxylation sites is 1. The average Bonchev–Trinajstić information content (AvgIpc) is 2.80. The van der Waals surface area contributed by atoms with Crippen molar-refractivity contribution in [2.75, 3.05) is 11.9 Å². The Balaban J connectivity index is 1.61. The number of anilines is 1. The van der Waals surface area contributed by atoms with E-state index in [0.29, 0.717) is 18.9 Å². The summed E-state index contributed by atoms with van der Waals surface area (Å²) in [6.07, 6.45) is 0.218. The normalized spacial score (nSPS) is 23.8. The predicted octanol–water partition coefficient (Wildman–Crippen LogP) is 5.80. The minimum Gasteiger partial charge on any atom is -0.441 e. The van der Waals surface area contributed by atoms with E-state index in [2.05, 4.69) is 18.8 Å². The smallest absolute Gasteiger partial charge is 0.412 e. The molecule has 1 heterocycles. The molecule has 6 heteroatoms. The molecule has 0 bridgehead atoms. The van der Waals surface area contributed by atoms with Gasteiger partial charge in [0.1, 0.15) is 6.10 Å². The van der Waals surface area contributed by atoms with Crippen molar-refractivity contribution in [2.24, 2.45) is 11.8 Å². The molecule has 0 spiro atoms. The quantitative estimate of drug-likeness (QED) is 0.486. The van der Waals surface area contributed by atoms with Crippen molar-refractivity contribution in [3.63, 3.8) is 0 Å². The minimum atomic E-state index is -0.787. The van der Waals surface area contributed by atoms with Crippen LogP contribution in [0.5, 0.6) is 0 Å². The molecule has 1 fully saturated rings. The molecule has 178 valence electrons. The van der Waals surface area contributed by atoms with E-state index in [-0.39, 0.29) is 24.0 Å². The summed E-state index contributed by atoms with van der Waals surface area (Å²) in [5, 5.41) is 2.75. The summed E-state index contributed by atoms with van der Waals surface area (Å²) in [4.78, 5) is 12.5. The number of carbonyl (C=O) groups is 1. The Morgan fingerprint density at radius 2 is 1.76 bits per heavy atom. The molecule has 6 nitrogen and oxygen atoms in total. The highest BCUT2D eigenvalue weighted by atomic mass is 16.7. The lowest BCUT2D eigenvalue weighted by atomic mass is 9.84. The summed E-state index contributed by atoms with van der Waals surface area (Å²) in [5.74, 6) is -0.907. The summed E-state index contributed by atoms with van der Waals surface area (Å²) < 4.78 is 24.1. The topological polar surface area (TPSA) is 66.0 Å². The van der Waals surface area contributed by atoms with E-state index in [1.807, 2.05) is 69.3 Å². The van der Waals surface area contributed by atoms with Crippen molar-refractivity contribution in [3.8, 4) is 0 Å². The van der Waals surface area contributed by atoms with E-state index in [0.717, 1.165) is 5.56 Å². The standard InChI is InChI=1S/C27H35NO5/c1-6-23(31-26(29)28-22-15-11-8-12-16-22)19(2)25-20(3)24(32-27(4,5)33-25)18-30-17-21-13-9-7-10-14-21/h6-16,19-20,23-25H,1,17-18H2,2-5H3,(H,28,29)/t19-,20-,23-,24+,25-/m0/s1. The van der Waals surface area contributed by atoms with Crippen LogP contribution >= 0.6 is 0 Å². The number of hydrogen-bond donors (Lipinski definition) is 1. The maximum Gasteiger partial charge on any atom is 0.412 e. The van der Waals surface area contributed by atoms with Gasteiger partial charge in [-0.25, -0.2) is 4.79 Å². The SMILES string of the molecule is C=C[C@H](OC(=O)Nc1ccccc1)[C@H](C)[C@@H]1OC(C)(C)O[C@H](COCc2ccccc2)[C@@H]1C. The largest absolute Gasteiger partial charge is 0.441 e. The minimum absolute atomic E-state index is 0.0204. The summed E-state index contributed by atoms with van der Waals surface area (Å²) in [5.41, 5.74) is 1.79. The fourth-order valence-corrected chi connectivity index (χ4v) is 4.13. The Morgan fingerprint density at radius 3 is 2.39 bits per heavy atom. The molecular formula is C27H35NO5. The van der Waals surface area contributed by atoms with Gasteiger partial charge in [-0.3, -0.25) is 5.32 Å². The fraction of sp³-hybridized carbons (Fsp3) is 0.444. The molecule has 0 aromatic heterocycles. The second kappa shape index (κ2) is 11.5. The van der Waals surface area contributed by atoms with E-state index >= 15 is 0 Å². The van der Waals surface area contributed by atoms with Gasteiger partial charge in [0.25, 0.3) is 0 Å². The number of carbonyl (C=O) groups excluding carboxylic acids is 1. The van der Waals surface area contributed by atoms with E-state index in [1.165, 1.54) is 0 Å². The fourth-order valence-electron chi connectivity index (χ4n) is 4.13. The van der Waals surface area contributed by atoms with E-state index in [1.54, 1.807) is 18.2 Å². The first-order valence-electron chi connectivity index (χ1n) is 11.4. The Morgan fingerprint density at radius 1 is 1.12 bits per heavy atom. The molecule has 0 saturated carbocycles. The first-order valence-corrected chi connectivity index (χ1v) is 11.4. The molecule has 1 amide bonds. The van der Waals surface area contributed by atoms with Crippen molar-refractivity contribution in [1.82, 2.24) is 0 Å². The lowest BCUT2D eigenvalue weighted by molar-refractivity contribution is -0.335. The van der Waals surface area contributed by atoms with Gasteiger partial charge in [0, 0.05) is 17.5 Å². The number of benzene rings is 2. The second-order valence-electron chi connectivity index (χ2n) is 8.95. The number of hydrogen-bond acceptors (Lipinski definition) is 5. The predicted molar refractivity (Wildman–Crippen MR) is 129 cm³/mol. The van der Waals surface area contributed by atoms with Crippen LogP contribution in [0.4, 0.5) is 10.5 Å². The van der Waals surface area contributed by atoms with Crippen molar-refractivity contribution in [3.05, 3.63) is 78.9 Å². The van der Waals surface area contributed by atoms with Gasteiger partial charge in [-0.05, 0) is 31.5 Å². The molecule has 1 saturated heterocycles. The van der Waals surface area contributed by atoms with Crippen LogP contribution in [0.1, 0.15) is 33.3 Å². The van der Waals surface area contributed by atoms with Gasteiger partial charge in [0.05, 0.1) is 25.4 Å². The van der Waals surface area contributed by atoms with Crippen molar-refractivity contribution < 1.29 is 23.7 Å². The summed E-state index contributed by atoms with van der Waals surface area (Å²) in [7, 11) is 0. The van der Waals surface area contributed by atoms with Gasteiger partial charge in [0.2, 0.25) is 0 Å². The maximum absolute atomic E-state index is 12.5. The van der Waals surface area contributed by atoms with Gasteiger partial charge < -0.3 is 18.9 Å². The lowest BCUT2D eigenvalue weighted by Crippen LogP contribution is -2.55. The van der Waals surface area contributed by atoms with Gasteiger partial charge in [-0.1, -0.05) is 75.0 Å². The molecule has 2 aromatic rings. The van der Waals surface area contributed by atoms with Gasteiger partial charge in [-0.15, -0.1) is 0 Å². The number of rotatable bonds is 9. The molecule has 1 N–H and O–H groups in total. The van der Waals surface area contributed by atoms with Crippen LogP contribution < -0.4 is 5.32 Å². The van der Waals surface area contributed by atoms with Crippen LogP contribution in [0.25, 0.3) is 0 Å². The molecule has 0 unspecified atom stereocenters. The van der Waals surface area contributed by atoms with Crippen molar-refractivity contribution >= 4 is 11.8 Å². The Labute approximate surface area is 196 Å². The van der Waals surface area contributed by atoms with Crippen LogP contribution in [0.2, 0.25) is 0 Å². The Bertz CT molecular complexity index is 886. The van der Waals surface area contributed by atoms with E-state index in [4.69, 9.17) is 18.9 Å². The number of nitrogens with one attached hydrogen (secondary N) is 1. The molecule has 1 aliphatic rings. The number of ether oxygens (including phenoxy) is 4. The molecule has 0 radical (unpaired) electrons. The monoisotopic (exact) mass is 453 g/mol. The van der Waals surface area contributed by atoms with Gasteiger partial charge >= 0.3 is 6.09 Å². The van der Waals surface area contributed by atoms with E-state index in [9.17, 15) is 4.79 Å². The molecule has 5 atom stereocenters. The first kappa shape index (κ1) is 25.0. The molecule has 33 heavy (non-hydrogen) atoms. The Kier molecular flexibility index (Phi) is 8.67. The average molecular weight is 454 g/mol. The molecular weight excluding hydrogens is 418 g/mol. The zero-order valence-corrected chi connectivity index (χ0v) is 19.9. The highest BCUT2D eigenvalue weighted by molar-refractivity contribution is 5.84. The highest BCUT2D eigenvalue weighted by Gasteiger charge is 2.45. The lowest BCUT2D eigenvalue weighted by Gasteiger charge is -2.47. The number of amides is 1. The summed E-state index contributed by atoms with van der Waals surface area (Å²) in [6.45, 7) is 12.7. The van der Waals surface area contributed by atoms with Crippen LogP contribution in [-0.2, 0) is 25.6 Å². The third-order valence-corrected chi connectivity index (χ3v) is 5.89. The third kappa shape index (κ3) is 7.16. The van der Waals surface area contributed by atoms with Crippen LogP contribution in [0.15, 0.2) is 73.3 Å². The summed E-state index contributed by atoms with van der Waals surface area (Å²) in [6, 6.07) is 19.3. The van der Waals surface area contributed by atoms with Gasteiger partial charge in [0.15, 0.2) is 5.79 Å². The zero-order chi connectivity index (χ0) is 23.8. The Hall–Kier alpha value is -2.67.